The molecule has 3 aromatic rings. The summed E-state index contributed by atoms with van der Waals surface area (Å²) in [6.07, 6.45) is 0.633. The van der Waals surface area contributed by atoms with Crippen molar-refractivity contribution < 1.29 is 19.1 Å². The Hall–Kier alpha value is -3.79. The summed E-state index contributed by atoms with van der Waals surface area (Å²) in [5.74, 6) is -0.372. The average Bonchev–Trinajstić information content (AvgIpc) is 3.45. The Kier molecular flexibility index (Phi) is 7.17. The molecule has 0 spiro atoms. The lowest BCUT2D eigenvalue weighted by Gasteiger charge is -2.18. The molecule has 0 bridgehead atoms. The predicted molar refractivity (Wildman–Crippen MR) is 129 cm³/mol. The zero-order chi connectivity index (χ0) is 24.1. The first-order valence-electron chi connectivity index (χ1n) is 10.9. The second-order valence-corrected chi connectivity index (χ2v) is 8.98. The molecule has 2 heterocycles. The number of nitrogens with one attached hydrogen (secondary N) is 2. The van der Waals surface area contributed by atoms with Crippen LogP contribution >= 0.6 is 11.3 Å². The van der Waals surface area contributed by atoms with Crippen LogP contribution in [0, 0.1) is 12.8 Å². The smallest absolute Gasteiger partial charge is 0.251 e. The Labute approximate surface area is 201 Å². The molecule has 1 unspecified atom stereocenters. The van der Waals surface area contributed by atoms with Gasteiger partial charge in [0.15, 0.2) is 0 Å². The van der Waals surface area contributed by atoms with Crippen molar-refractivity contribution in [2.24, 2.45) is 5.92 Å². The van der Waals surface area contributed by atoms with E-state index in [9.17, 15) is 14.4 Å². The van der Waals surface area contributed by atoms with Gasteiger partial charge in [0.2, 0.25) is 16.9 Å². The molecule has 1 aliphatic rings. The molecule has 34 heavy (non-hydrogen) atoms. The molecule has 4 rings (SSSR count). The van der Waals surface area contributed by atoms with Crippen LogP contribution in [0.15, 0.2) is 48.5 Å². The summed E-state index contributed by atoms with van der Waals surface area (Å²) in [6.45, 7) is 2.65. The maximum atomic E-state index is 12.7. The van der Waals surface area contributed by atoms with Crippen molar-refractivity contribution in [1.29, 1.82) is 0 Å². The number of aryl methyl sites for hydroxylation is 1. The fraction of sp³-hybridized carbons (Fsp3) is 0.292. The summed E-state index contributed by atoms with van der Waals surface area (Å²) in [7, 11) is 1.55. The monoisotopic (exact) mass is 479 g/mol. The topological polar surface area (TPSA) is 114 Å². The van der Waals surface area contributed by atoms with Crippen LogP contribution in [0.25, 0.3) is 0 Å². The summed E-state index contributed by atoms with van der Waals surface area (Å²) in [4.78, 5) is 39.2. The lowest BCUT2D eigenvalue weighted by Crippen LogP contribution is -2.28. The quantitative estimate of drug-likeness (QED) is 0.514. The Bertz CT molecular complexity index is 1210. The van der Waals surface area contributed by atoms with Gasteiger partial charge in [-0.15, -0.1) is 10.2 Å². The number of anilines is 2. The number of ether oxygens (including phenoxy) is 1. The van der Waals surface area contributed by atoms with Crippen molar-refractivity contribution in [1.82, 2.24) is 15.5 Å². The molecule has 2 N–H and O–H groups in total. The van der Waals surface area contributed by atoms with E-state index >= 15 is 0 Å². The summed E-state index contributed by atoms with van der Waals surface area (Å²) in [6, 6.07) is 14.5. The Balaban J connectivity index is 1.27. The van der Waals surface area contributed by atoms with Crippen LogP contribution in [0.4, 0.5) is 10.8 Å². The molecular weight excluding hydrogens is 454 g/mol. The van der Waals surface area contributed by atoms with E-state index in [0.717, 1.165) is 11.3 Å². The first-order chi connectivity index (χ1) is 16.4. The van der Waals surface area contributed by atoms with Crippen LogP contribution in [-0.2, 0) is 16.0 Å². The molecule has 176 valence electrons. The van der Waals surface area contributed by atoms with Gasteiger partial charge in [-0.1, -0.05) is 35.6 Å². The van der Waals surface area contributed by atoms with E-state index in [-0.39, 0.29) is 24.1 Å². The van der Waals surface area contributed by atoms with Crippen molar-refractivity contribution in [2.75, 3.05) is 30.4 Å². The molecule has 1 fully saturated rings. The second-order valence-electron chi connectivity index (χ2n) is 7.92. The third-order valence-electron chi connectivity index (χ3n) is 5.56. The number of carbonyl (C=O) groups is 3. The summed E-state index contributed by atoms with van der Waals surface area (Å²) >= 11 is 1.25. The van der Waals surface area contributed by atoms with Crippen molar-refractivity contribution >= 4 is 39.9 Å². The van der Waals surface area contributed by atoms with Crippen LogP contribution < -0.4 is 20.3 Å². The molecule has 0 radical (unpaired) electrons. The Morgan fingerprint density at radius 2 is 2.00 bits per heavy atom. The zero-order valence-electron chi connectivity index (χ0n) is 18.9. The van der Waals surface area contributed by atoms with Crippen molar-refractivity contribution in [2.45, 2.75) is 19.8 Å². The van der Waals surface area contributed by atoms with Gasteiger partial charge < -0.3 is 20.3 Å². The highest BCUT2D eigenvalue weighted by Gasteiger charge is 2.36. The summed E-state index contributed by atoms with van der Waals surface area (Å²) in [5.41, 5.74) is 2.33. The van der Waals surface area contributed by atoms with Gasteiger partial charge in [-0.3, -0.25) is 14.4 Å². The fourth-order valence-corrected chi connectivity index (χ4v) is 4.49. The molecule has 10 heteroatoms. The first kappa shape index (κ1) is 23.4. The molecule has 9 nitrogen and oxygen atoms in total. The van der Waals surface area contributed by atoms with E-state index in [0.29, 0.717) is 41.0 Å². The summed E-state index contributed by atoms with van der Waals surface area (Å²) in [5, 5.41) is 14.8. The van der Waals surface area contributed by atoms with E-state index in [1.807, 2.05) is 31.2 Å². The average molecular weight is 480 g/mol. The number of amides is 3. The normalized spacial score (nSPS) is 15.3. The van der Waals surface area contributed by atoms with Gasteiger partial charge in [0.05, 0.1) is 13.0 Å². The van der Waals surface area contributed by atoms with Gasteiger partial charge in [-0.05, 0) is 36.8 Å². The fourth-order valence-electron chi connectivity index (χ4n) is 3.74. The van der Waals surface area contributed by atoms with Crippen molar-refractivity contribution in [3.05, 3.63) is 64.7 Å². The van der Waals surface area contributed by atoms with Gasteiger partial charge in [-0.2, -0.15) is 0 Å². The van der Waals surface area contributed by atoms with Crippen LogP contribution in [0.5, 0.6) is 5.75 Å². The number of para-hydroxylation sites is 1. The molecule has 1 aliphatic heterocycles. The second kappa shape index (κ2) is 10.4. The van der Waals surface area contributed by atoms with E-state index in [2.05, 4.69) is 20.8 Å². The number of hydrogen-bond acceptors (Lipinski definition) is 7. The first-order valence-corrected chi connectivity index (χ1v) is 11.7. The highest BCUT2D eigenvalue weighted by molar-refractivity contribution is 7.15. The lowest BCUT2D eigenvalue weighted by atomic mass is 10.1. The van der Waals surface area contributed by atoms with Gasteiger partial charge in [0, 0.05) is 37.2 Å². The molecule has 1 aromatic heterocycles. The molecular formula is C24H25N5O4S. The van der Waals surface area contributed by atoms with Crippen LogP contribution in [0.2, 0.25) is 0 Å². The predicted octanol–water partition coefficient (Wildman–Crippen LogP) is 2.82. The number of benzene rings is 2. The van der Waals surface area contributed by atoms with Crippen LogP contribution in [-0.4, -0.2) is 48.1 Å². The molecule has 3 amide bonds. The number of rotatable bonds is 8. The van der Waals surface area contributed by atoms with Crippen LogP contribution in [0.3, 0.4) is 0 Å². The minimum atomic E-state index is -0.457. The number of carbonyl (C=O) groups excluding carboxylic acids is 3. The number of aromatic nitrogens is 2. The van der Waals surface area contributed by atoms with Crippen molar-refractivity contribution in [3.63, 3.8) is 0 Å². The third-order valence-corrected chi connectivity index (χ3v) is 6.45. The SMILES string of the molecule is COc1cccc(C(=O)NCCc2nnc(NC(=O)C3CC(=O)N(c4ccccc4C)C3)s2)c1. The zero-order valence-corrected chi connectivity index (χ0v) is 19.7. The van der Waals surface area contributed by atoms with Crippen LogP contribution in [0.1, 0.15) is 27.3 Å². The van der Waals surface area contributed by atoms with E-state index in [1.165, 1.54) is 11.3 Å². The largest absolute Gasteiger partial charge is 0.497 e. The van der Waals surface area contributed by atoms with E-state index in [4.69, 9.17) is 4.74 Å². The maximum absolute atomic E-state index is 12.7. The minimum absolute atomic E-state index is 0.0702. The Morgan fingerprint density at radius 3 is 2.79 bits per heavy atom. The number of nitrogens with zero attached hydrogens (tertiary/aromatic N) is 3. The van der Waals surface area contributed by atoms with Gasteiger partial charge in [-0.25, -0.2) is 0 Å². The van der Waals surface area contributed by atoms with Gasteiger partial charge in [0.25, 0.3) is 5.91 Å². The number of hydrogen-bond donors (Lipinski definition) is 2. The summed E-state index contributed by atoms with van der Waals surface area (Å²) < 4.78 is 5.14. The number of methoxy groups -OCH3 is 1. The highest BCUT2D eigenvalue weighted by atomic mass is 32.1. The van der Waals surface area contributed by atoms with E-state index in [1.54, 1.807) is 36.3 Å². The van der Waals surface area contributed by atoms with Gasteiger partial charge in [0.1, 0.15) is 10.8 Å². The molecule has 2 aromatic carbocycles. The molecule has 0 saturated carbocycles. The van der Waals surface area contributed by atoms with Gasteiger partial charge >= 0.3 is 0 Å². The maximum Gasteiger partial charge on any atom is 0.251 e. The molecule has 1 atom stereocenters. The minimum Gasteiger partial charge on any atom is -0.497 e. The van der Waals surface area contributed by atoms with Crippen molar-refractivity contribution in [3.8, 4) is 5.75 Å². The molecule has 0 aliphatic carbocycles. The van der Waals surface area contributed by atoms with E-state index < -0.39 is 5.92 Å². The molecule has 1 saturated heterocycles. The Morgan fingerprint density at radius 1 is 1.18 bits per heavy atom. The lowest BCUT2D eigenvalue weighted by molar-refractivity contribution is -0.122. The highest BCUT2D eigenvalue weighted by Crippen LogP contribution is 2.28. The standard InChI is InChI=1S/C24H25N5O4S/c1-15-6-3-4-9-19(15)29-14-17(13-21(29)30)23(32)26-24-28-27-20(34-24)10-11-25-22(31)16-7-5-8-18(12-16)33-2/h3-9,12,17H,10-11,13-14H2,1-2H3,(H,25,31)(H,26,28,32). The third kappa shape index (κ3) is 5.40.